The minimum absolute atomic E-state index is 0.0556. The number of hydrogen-bond donors (Lipinski definition) is 1. The number of aryl methyl sites for hydroxylation is 1. The fourth-order valence-corrected chi connectivity index (χ4v) is 3.29. The maximum atomic E-state index is 6.05. The fraction of sp³-hybridized carbons (Fsp3) is 0.0952. The molecule has 4 heteroatoms. The molecule has 0 saturated carbocycles. The van der Waals surface area contributed by atoms with E-state index in [1.54, 1.807) is 0 Å². The van der Waals surface area contributed by atoms with Crippen molar-refractivity contribution in [1.29, 1.82) is 0 Å². The topological polar surface area (TPSA) is 33.6 Å². The molecule has 0 amide bonds. The highest BCUT2D eigenvalue weighted by Gasteiger charge is 2.20. The van der Waals surface area contributed by atoms with Crippen LogP contribution in [0.3, 0.4) is 0 Å². The third-order valence-corrected chi connectivity index (χ3v) is 4.70. The predicted molar refractivity (Wildman–Crippen MR) is 102 cm³/mol. The number of aromatic amines is 1. The smallest absolute Gasteiger partial charge is 0.0954 e. The number of nitrogens with one attached hydrogen (secondary N) is 1. The number of nitrogens with zero attached hydrogens (tertiary/aromatic N) is 2. The van der Waals surface area contributed by atoms with Gasteiger partial charge in [-0.3, -0.25) is 0 Å². The molecule has 1 unspecified atom stereocenters. The lowest BCUT2D eigenvalue weighted by atomic mass is 9.94. The molecule has 2 heterocycles. The Morgan fingerprint density at radius 1 is 1.00 bits per heavy atom. The minimum Gasteiger partial charge on any atom is -0.367 e. The predicted octanol–water partition coefficient (Wildman–Crippen LogP) is 5.48. The van der Waals surface area contributed by atoms with Crippen molar-refractivity contribution in [2.24, 2.45) is 0 Å². The van der Waals surface area contributed by atoms with Gasteiger partial charge in [0.2, 0.25) is 0 Å². The summed E-state index contributed by atoms with van der Waals surface area (Å²) in [5.41, 5.74) is 5.97. The van der Waals surface area contributed by atoms with Crippen LogP contribution in [0.15, 0.2) is 79.6 Å². The molecular formula is C21H18ClN3. The molecule has 0 saturated heterocycles. The molecular weight excluding hydrogens is 330 g/mol. The highest BCUT2D eigenvalue weighted by atomic mass is 35.5. The summed E-state index contributed by atoms with van der Waals surface area (Å²) in [7, 11) is 0. The molecule has 0 fully saturated rings. The number of hydrogen-bond acceptors (Lipinski definition) is 1. The average Bonchev–Trinajstić information content (AvgIpc) is 3.30. The monoisotopic (exact) mass is 347 g/mol. The van der Waals surface area contributed by atoms with Crippen molar-refractivity contribution in [2.75, 3.05) is 0 Å². The van der Waals surface area contributed by atoms with Gasteiger partial charge in [-0.25, -0.2) is 4.98 Å². The van der Waals surface area contributed by atoms with E-state index >= 15 is 0 Å². The van der Waals surface area contributed by atoms with Crippen molar-refractivity contribution in [3.8, 4) is 11.1 Å². The van der Waals surface area contributed by atoms with Gasteiger partial charge in [0, 0.05) is 40.9 Å². The molecule has 4 rings (SSSR count). The highest BCUT2D eigenvalue weighted by Crippen LogP contribution is 2.35. The summed E-state index contributed by atoms with van der Waals surface area (Å²) in [4.78, 5) is 7.51. The Balaban J connectivity index is 1.85. The number of aromatic nitrogens is 3. The summed E-state index contributed by atoms with van der Waals surface area (Å²) < 4.78 is 2.13. The molecule has 1 N–H and O–H groups in total. The molecule has 4 aromatic rings. The van der Waals surface area contributed by atoms with Gasteiger partial charge in [0.05, 0.1) is 12.4 Å². The third-order valence-electron chi connectivity index (χ3n) is 4.44. The molecule has 0 aliphatic heterocycles. The van der Waals surface area contributed by atoms with Gasteiger partial charge in [0.1, 0.15) is 0 Å². The largest absolute Gasteiger partial charge is 0.367 e. The maximum Gasteiger partial charge on any atom is 0.0954 e. The molecule has 0 bridgehead atoms. The van der Waals surface area contributed by atoms with Gasteiger partial charge in [-0.15, -0.1) is 0 Å². The second-order valence-electron chi connectivity index (χ2n) is 6.15. The van der Waals surface area contributed by atoms with Crippen LogP contribution in [-0.2, 0) is 0 Å². The number of benzene rings is 2. The first-order valence-corrected chi connectivity index (χ1v) is 8.57. The van der Waals surface area contributed by atoms with Crippen LogP contribution in [0.4, 0.5) is 0 Å². The lowest BCUT2D eigenvalue weighted by molar-refractivity contribution is 0.678. The molecule has 3 nitrogen and oxygen atoms in total. The van der Waals surface area contributed by atoms with Crippen LogP contribution in [0.2, 0.25) is 5.02 Å². The maximum absolute atomic E-state index is 6.05. The van der Waals surface area contributed by atoms with Gasteiger partial charge in [-0.1, -0.05) is 53.6 Å². The van der Waals surface area contributed by atoms with E-state index in [2.05, 4.69) is 64.1 Å². The van der Waals surface area contributed by atoms with E-state index in [1.807, 2.05) is 37.1 Å². The number of H-pyrrole nitrogens is 1. The second-order valence-corrected chi connectivity index (χ2v) is 6.59. The van der Waals surface area contributed by atoms with E-state index in [-0.39, 0.29) is 6.04 Å². The molecule has 0 aliphatic rings. The first kappa shape index (κ1) is 15.7. The number of imidazole rings is 1. The summed E-state index contributed by atoms with van der Waals surface area (Å²) in [6, 6.07) is 16.7. The van der Waals surface area contributed by atoms with Gasteiger partial charge in [-0.2, -0.15) is 0 Å². The quantitative estimate of drug-likeness (QED) is 0.521. The fourth-order valence-electron chi connectivity index (χ4n) is 3.16. The van der Waals surface area contributed by atoms with Gasteiger partial charge >= 0.3 is 0 Å². The molecule has 25 heavy (non-hydrogen) atoms. The zero-order chi connectivity index (χ0) is 17.2. The summed E-state index contributed by atoms with van der Waals surface area (Å²) in [6.07, 6.45) is 9.79. The van der Waals surface area contributed by atoms with E-state index in [0.29, 0.717) is 0 Å². The lowest BCUT2D eigenvalue weighted by Gasteiger charge is -2.20. The number of rotatable bonds is 4. The SMILES string of the molecule is Cc1ccc(C(c2c[nH]cc2-c2ccc(Cl)cc2)n2ccnc2)cc1. The Labute approximate surface area is 151 Å². The summed E-state index contributed by atoms with van der Waals surface area (Å²) in [5, 5.41) is 0.741. The standard InChI is InChI=1S/C21H18ClN3/c1-15-2-4-17(5-3-15)21(25-11-10-23-14-25)20-13-24-12-19(20)16-6-8-18(22)9-7-16/h2-14,21,24H,1H3. The van der Waals surface area contributed by atoms with Gasteiger partial charge < -0.3 is 9.55 Å². The minimum atomic E-state index is 0.0556. The molecule has 1 atom stereocenters. The normalized spacial score (nSPS) is 12.2. The van der Waals surface area contributed by atoms with Crippen LogP contribution in [0, 0.1) is 6.92 Å². The van der Waals surface area contributed by atoms with E-state index in [1.165, 1.54) is 16.7 Å². The first-order chi connectivity index (χ1) is 12.2. The van der Waals surface area contributed by atoms with Crippen LogP contribution < -0.4 is 0 Å². The Morgan fingerprint density at radius 2 is 1.76 bits per heavy atom. The van der Waals surface area contributed by atoms with Crippen molar-refractivity contribution < 1.29 is 0 Å². The van der Waals surface area contributed by atoms with Gasteiger partial charge in [0.15, 0.2) is 0 Å². The zero-order valence-electron chi connectivity index (χ0n) is 13.9. The Hall–Kier alpha value is -2.78. The molecule has 0 spiro atoms. The van der Waals surface area contributed by atoms with E-state index in [0.717, 1.165) is 16.1 Å². The summed E-state index contributed by atoms with van der Waals surface area (Å²) in [6.45, 7) is 2.10. The van der Waals surface area contributed by atoms with E-state index in [4.69, 9.17) is 11.6 Å². The van der Waals surface area contributed by atoms with Gasteiger partial charge in [0.25, 0.3) is 0 Å². The Kier molecular flexibility index (Phi) is 4.16. The summed E-state index contributed by atoms with van der Waals surface area (Å²) in [5.74, 6) is 0. The summed E-state index contributed by atoms with van der Waals surface area (Å²) >= 11 is 6.05. The van der Waals surface area contributed by atoms with Gasteiger partial charge in [-0.05, 0) is 30.2 Å². The van der Waals surface area contributed by atoms with Crippen LogP contribution in [0.1, 0.15) is 22.7 Å². The van der Waals surface area contributed by atoms with Crippen LogP contribution >= 0.6 is 11.6 Å². The van der Waals surface area contributed by atoms with E-state index in [9.17, 15) is 0 Å². The zero-order valence-corrected chi connectivity index (χ0v) is 14.6. The van der Waals surface area contributed by atoms with Crippen molar-refractivity contribution in [3.05, 3.63) is 101 Å². The van der Waals surface area contributed by atoms with Crippen molar-refractivity contribution >= 4 is 11.6 Å². The van der Waals surface area contributed by atoms with Crippen LogP contribution in [0.5, 0.6) is 0 Å². The Morgan fingerprint density at radius 3 is 2.44 bits per heavy atom. The van der Waals surface area contributed by atoms with Crippen molar-refractivity contribution in [1.82, 2.24) is 14.5 Å². The average molecular weight is 348 g/mol. The van der Waals surface area contributed by atoms with Crippen LogP contribution in [-0.4, -0.2) is 14.5 Å². The third kappa shape index (κ3) is 3.11. The first-order valence-electron chi connectivity index (χ1n) is 8.19. The highest BCUT2D eigenvalue weighted by molar-refractivity contribution is 6.30. The van der Waals surface area contributed by atoms with Crippen LogP contribution in [0.25, 0.3) is 11.1 Å². The molecule has 2 aromatic carbocycles. The van der Waals surface area contributed by atoms with E-state index < -0.39 is 0 Å². The Bertz CT molecular complexity index is 951. The van der Waals surface area contributed by atoms with Crippen molar-refractivity contribution in [3.63, 3.8) is 0 Å². The molecule has 0 radical (unpaired) electrons. The molecule has 2 aromatic heterocycles. The lowest BCUT2D eigenvalue weighted by Crippen LogP contribution is -2.11. The molecule has 124 valence electrons. The van der Waals surface area contributed by atoms with Crippen molar-refractivity contribution in [2.45, 2.75) is 13.0 Å². The second kappa shape index (κ2) is 6.61. The number of halogens is 1. The molecule has 0 aliphatic carbocycles.